The first-order chi connectivity index (χ1) is 5.77. The van der Waals surface area contributed by atoms with E-state index < -0.39 is 0 Å². The topological polar surface area (TPSA) is 35.2 Å². The molecule has 1 aromatic carbocycles. The van der Waals surface area contributed by atoms with Gasteiger partial charge in [-0.05, 0) is 30.2 Å². The Hall–Kier alpha value is -0.730. The van der Waals surface area contributed by atoms with E-state index in [2.05, 4.69) is 19.1 Å². The first-order valence-corrected chi connectivity index (χ1v) is 4.12. The van der Waals surface area contributed by atoms with Gasteiger partial charge in [-0.15, -0.1) is 12.4 Å². The Morgan fingerprint density at radius 3 is 2.23 bits per heavy atom. The number of hydrogen-bond acceptors (Lipinski definition) is 2. The number of halogens is 1. The third-order valence-corrected chi connectivity index (χ3v) is 2.04. The average molecular weight is 202 g/mol. The minimum absolute atomic E-state index is 0. The maximum Gasteiger partial charge on any atom is 0.118 e. The van der Waals surface area contributed by atoms with Crippen molar-refractivity contribution in [2.24, 2.45) is 5.73 Å². The van der Waals surface area contributed by atoms with Crippen molar-refractivity contribution < 1.29 is 4.74 Å². The molecule has 0 spiro atoms. The maximum absolute atomic E-state index is 5.54. The molecular weight excluding hydrogens is 186 g/mol. The van der Waals surface area contributed by atoms with Crippen molar-refractivity contribution in [1.29, 1.82) is 0 Å². The van der Waals surface area contributed by atoms with E-state index in [1.807, 2.05) is 12.1 Å². The normalized spacial score (nSPS) is 11.6. The van der Waals surface area contributed by atoms with Gasteiger partial charge in [0.25, 0.3) is 0 Å². The summed E-state index contributed by atoms with van der Waals surface area (Å²) in [6.07, 6.45) is 0. The van der Waals surface area contributed by atoms with E-state index in [1.165, 1.54) is 5.56 Å². The number of methoxy groups -OCH3 is 1. The molecule has 0 saturated carbocycles. The van der Waals surface area contributed by atoms with Gasteiger partial charge in [-0.2, -0.15) is 0 Å². The molecular formula is C10H16ClNO. The van der Waals surface area contributed by atoms with E-state index in [-0.39, 0.29) is 12.4 Å². The van der Waals surface area contributed by atoms with E-state index in [0.717, 1.165) is 5.75 Å². The van der Waals surface area contributed by atoms with Gasteiger partial charge in [0.05, 0.1) is 7.11 Å². The fourth-order valence-corrected chi connectivity index (χ4v) is 1.07. The van der Waals surface area contributed by atoms with Crippen molar-refractivity contribution in [2.45, 2.75) is 12.8 Å². The minimum atomic E-state index is 0. The number of ether oxygens (including phenoxy) is 1. The predicted molar refractivity (Wildman–Crippen MR) is 57.7 cm³/mol. The molecule has 0 bridgehead atoms. The van der Waals surface area contributed by atoms with Crippen LogP contribution in [0.4, 0.5) is 0 Å². The average Bonchev–Trinajstić information content (AvgIpc) is 2.17. The van der Waals surface area contributed by atoms with Gasteiger partial charge in [-0.1, -0.05) is 19.1 Å². The van der Waals surface area contributed by atoms with Crippen molar-refractivity contribution in [3.05, 3.63) is 29.8 Å². The summed E-state index contributed by atoms with van der Waals surface area (Å²) in [5.74, 6) is 1.32. The van der Waals surface area contributed by atoms with Crippen LogP contribution in [0, 0.1) is 0 Å². The van der Waals surface area contributed by atoms with Crippen LogP contribution in [0.2, 0.25) is 0 Å². The minimum Gasteiger partial charge on any atom is -0.497 e. The highest BCUT2D eigenvalue weighted by Crippen LogP contribution is 2.17. The second-order valence-electron chi connectivity index (χ2n) is 2.91. The standard InChI is InChI=1S/C10H15NO.ClH/c1-8(7-11)9-3-5-10(12-2)6-4-9;/h3-6,8H,7,11H2,1-2H3;1H. The molecule has 0 radical (unpaired) electrons. The zero-order valence-corrected chi connectivity index (χ0v) is 8.80. The van der Waals surface area contributed by atoms with Crippen LogP contribution < -0.4 is 10.5 Å². The molecule has 1 unspecified atom stereocenters. The fourth-order valence-electron chi connectivity index (χ4n) is 1.07. The second kappa shape index (κ2) is 5.84. The lowest BCUT2D eigenvalue weighted by atomic mass is 10.0. The van der Waals surface area contributed by atoms with Crippen LogP contribution in [0.3, 0.4) is 0 Å². The van der Waals surface area contributed by atoms with Gasteiger partial charge in [0.15, 0.2) is 0 Å². The van der Waals surface area contributed by atoms with Gasteiger partial charge in [-0.25, -0.2) is 0 Å². The van der Waals surface area contributed by atoms with Crippen LogP contribution in [-0.2, 0) is 0 Å². The van der Waals surface area contributed by atoms with Gasteiger partial charge in [0, 0.05) is 0 Å². The summed E-state index contributed by atoms with van der Waals surface area (Å²) in [6.45, 7) is 2.80. The Kier molecular flexibility index (Phi) is 5.51. The summed E-state index contributed by atoms with van der Waals surface area (Å²) in [4.78, 5) is 0. The second-order valence-corrected chi connectivity index (χ2v) is 2.91. The molecule has 0 fully saturated rings. The Labute approximate surface area is 85.5 Å². The largest absolute Gasteiger partial charge is 0.497 e. The molecule has 0 saturated heterocycles. The summed E-state index contributed by atoms with van der Waals surface area (Å²) in [6, 6.07) is 8.02. The Balaban J connectivity index is 0.00000144. The number of nitrogens with two attached hydrogens (primary N) is 1. The zero-order valence-electron chi connectivity index (χ0n) is 7.99. The smallest absolute Gasteiger partial charge is 0.118 e. The van der Waals surface area contributed by atoms with E-state index in [0.29, 0.717) is 12.5 Å². The quantitative estimate of drug-likeness (QED) is 0.814. The van der Waals surface area contributed by atoms with E-state index >= 15 is 0 Å². The molecule has 74 valence electrons. The molecule has 3 heteroatoms. The van der Waals surface area contributed by atoms with E-state index in [1.54, 1.807) is 7.11 Å². The van der Waals surface area contributed by atoms with Crippen LogP contribution in [-0.4, -0.2) is 13.7 Å². The molecule has 1 rings (SSSR count). The molecule has 0 aromatic heterocycles. The molecule has 0 heterocycles. The number of benzene rings is 1. The van der Waals surface area contributed by atoms with Crippen molar-refractivity contribution in [3.63, 3.8) is 0 Å². The Morgan fingerprint density at radius 1 is 1.31 bits per heavy atom. The molecule has 0 aliphatic rings. The lowest BCUT2D eigenvalue weighted by Gasteiger charge is -2.08. The van der Waals surface area contributed by atoms with Gasteiger partial charge in [-0.3, -0.25) is 0 Å². The summed E-state index contributed by atoms with van der Waals surface area (Å²) < 4.78 is 5.05. The molecule has 2 nitrogen and oxygen atoms in total. The third-order valence-electron chi connectivity index (χ3n) is 2.04. The van der Waals surface area contributed by atoms with Crippen molar-refractivity contribution in [3.8, 4) is 5.75 Å². The molecule has 1 aromatic rings. The third kappa shape index (κ3) is 3.25. The highest BCUT2D eigenvalue weighted by atomic mass is 35.5. The highest BCUT2D eigenvalue weighted by Gasteiger charge is 2.01. The van der Waals surface area contributed by atoms with Crippen molar-refractivity contribution in [2.75, 3.05) is 13.7 Å². The number of hydrogen-bond donors (Lipinski definition) is 1. The first kappa shape index (κ1) is 12.3. The molecule has 13 heavy (non-hydrogen) atoms. The van der Waals surface area contributed by atoms with Gasteiger partial charge < -0.3 is 10.5 Å². The van der Waals surface area contributed by atoms with Crippen LogP contribution >= 0.6 is 12.4 Å². The highest BCUT2D eigenvalue weighted by molar-refractivity contribution is 5.85. The van der Waals surface area contributed by atoms with Crippen molar-refractivity contribution >= 4 is 12.4 Å². The monoisotopic (exact) mass is 201 g/mol. The van der Waals surface area contributed by atoms with Crippen molar-refractivity contribution in [1.82, 2.24) is 0 Å². The molecule has 0 aliphatic heterocycles. The van der Waals surface area contributed by atoms with Crippen LogP contribution in [0.25, 0.3) is 0 Å². The predicted octanol–water partition coefficient (Wildman–Crippen LogP) is 2.18. The summed E-state index contributed by atoms with van der Waals surface area (Å²) in [7, 11) is 1.67. The number of rotatable bonds is 3. The Morgan fingerprint density at radius 2 is 1.85 bits per heavy atom. The molecule has 2 N–H and O–H groups in total. The SMILES string of the molecule is COc1ccc(C(C)CN)cc1.Cl. The lowest BCUT2D eigenvalue weighted by molar-refractivity contribution is 0.414. The summed E-state index contributed by atoms with van der Waals surface area (Å²) in [5, 5.41) is 0. The van der Waals surface area contributed by atoms with Gasteiger partial charge in [0.2, 0.25) is 0 Å². The molecule has 0 amide bonds. The first-order valence-electron chi connectivity index (χ1n) is 4.12. The van der Waals surface area contributed by atoms with E-state index in [9.17, 15) is 0 Å². The van der Waals surface area contributed by atoms with Gasteiger partial charge in [0.1, 0.15) is 5.75 Å². The fraction of sp³-hybridized carbons (Fsp3) is 0.400. The van der Waals surface area contributed by atoms with E-state index in [4.69, 9.17) is 10.5 Å². The summed E-state index contributed by atoms with van der Waals surface area (Å²) >= 11 is 0. The maximum atomic E-state index is 5.54. The molecule has 0 aliphatic carbocycles. The van der Waals surface area contributed by atoms with Crippen LogP contribution in [0.15, 0.2) is 24.3 Å². The Bertz CT molecular complexity index is 235. The van der Waals surface area contributed by atoms with Crippen LogP contribution in [0.5, 0.6) is 5.75 Å². The van der Waals surface area contributed by atoms with Gasteiger partial charge >= 0.3 is 0 Å². The summed E-state index contributed by atoms with van der Waals surface area (Å²) in [5.41, 5.74) is 6.81. The zero-order chi connectivity index (χ0) is 8.97. The van der Waals surface area contributed by atoms with Crippen LogP contribution in [0.1, 0.15) is 18.4 Å². The molecule has 1 atom stereocenters. The lowest BCUT2D eigenvalue weighted by Crippen LogP contribution is -2.08.